The molecule has 3 rings (SSSR count). The Morgan fingerprint density at radius 3 is 2.41 bits per heavy atom. The van der Waals surface area contributed by atoms with Crippen LogP contribution in [0.4, 0.5) is 0 Å². The van der Waals surface area contributed by atoms with Crippen molar-refractivity contribution in [1.29, 1.82) is 0 Å². The smallest absolute Gasteiger partial charge is 0.302 e. The minimum Gasteiger partial charge on any atom is -0.549 e. The van der Waals surface area contributed by atoms with Gasteiger partial charge in [-0.1, -0.05) is 11.6 Å². The highest BCUT2D eigenvalue weighted by atomic mass is 35.5. The van der Waals surface area contributed by atoms with Crippen molar-refractivity contribution in [3.05, 3.63) is 53.6 Å². The molecule has 1 aliphatic heterocycles. The van der Waals surface area contributed by atoms with E-state index in [0.717, 1.165) is 0 Å². The van der Waals surface area contributed by atoms with Gasteiger partial charge in [-0.3, -0.25) is 4.57 Å². The van der Waals surface area contributed by atoms with E-state index < -0.39 is 20.0 Å². The number of nitrogens with zero attached hydrogens (tertiary/aromatic N) is 1. The van der Waals surface area contributed by atoms with Gasteiger partial charge in [0.2, 0.25) is 0 Å². The van der Waals surface area contributed by atoms with Crippen LogP contribution >= 0.6 is 19.1 Å². The van der Waals surface area contributed by atoms with Crippen LogP contribution in [0.25, 0.3) is 0 Å². The summed E-state index contributed by atoms with van der Waals surface area (Å²) in [6, 6.07) is 13.4. The van der Waals surface area contributed by atoms with Crippen LogP contribution in [-0.2, 0) is 13.9 Å². The molecule has 0 spiro atoms. The zero-order valence-corrected chi connectivity index (χ0v) is 16.5. The van der Waals surface area contributed by atoms with E-state index in [1.54, 1.807) is 48.5 Å². The van der Waals surface area contributed by atoms with Gasteiger partial charge in [-0.2, -0.15) is 0 Å². The third-order valence-electron chi connectivity index (χ3n) is 4.38. The molecule has 144 valence electrons. The summed E-state index contributed by atoms with van der Waals surface area (Å²) in [6.45, 7) is 1.72. The molecule has 8 heteroatoms. The van der Waals surface area contributed by atoms with Gasteiger partial charge in [-0.05, 0) is 68.3 Å². The molecular formula is C19H20ClNO5P-. The zero-order valence-electron chi connectivity index (χ0n) is 14.8. The summed E-state index contributed by atoms with van der Waals surface area (Å²) in [5.74, 6) is -0.103. The summed E-state index contributed by atoms with van der Waals surface area (Å²) in [7, 11) is -3.50. The molecule has 2 unspecified atom stereocenters. The third-order valence-corrected chi connectivity index (χ3v) is 7.33. The van der Waals surface area contributed by atoms with Crippen LogP contribution in [0.15, 0.2) is 48.5 Å². The van der Waals surface area contributed by atoms with Gasteiger partial charge in [0.1, 0.15) is 11.5 Å². The fourth-order valence-corrected chi connectivity index (χ4v) is 5.55. The van der Waals surface area contributed by atoms with Crippen LogP contribution in [0.3, 0.4) is 0 Å². The molecule has 1 aliphatic rings. The Bertz CT molecular complexity index is 840. The summed E-state index contributed by atoms with van der Waals surface area (Å²) >= 11 is 5.86. The molecule has 27 heavy (non-hydrogen) atoms. The van der Waals surface area contributed by atoms with Crippen molar-refractivity contribution in [2.24, 2.45) is 0 Å². The van der Waals surface area contributed by atoms with Crippen LogP contribution in [0.2, 0.25) is 5.02 Å². The van der Waals surface area contributed by atoms with Gasteiger partial charge in [0.25, 0.3) is 0 Å². The van der Waals surface area contributed by atoms with Crippen molar-refractivity contribution < 1.29 is 23.7 Å². The molecule has 2 aromatic rings. The number of carbonyl (C=O) groups excluding carboxylic acids is 1. The zero-order chi connectivity index (χ0) is 19.4. The van der Waals surface area contributed by atoms with Gasteiger partial charge in [-0.25, -0.2) is 4.67 Å². The molecule has 0 amide bonds. The average Bonchev–Trinajstić information content (AvgIpc) is 2.78. The predicted octanol–water partition coefficient (Wildman–Crippen LogP) is 3.20. The first-order chi connectivity index (χ1) is 12.9. The molecule has 1 saturated heterocycles. The maximum atomic E-state index is 13.6. The second-order valence-corrected chi connectivity index (χ2v) is 9.13. The van der Waals surface area contributed by atoms with Gasteiger partial charge in [-0.15, -0.1) is 0 Å². The summed E-state index contributed by atoms with van der Waals surface area (Å²) in [5, 5.41) is 12.2. The fourth-order valence-electron chi connectivity index (χ4n) is 3.00. The van der Waals surface area contributed by atoms with Gasteiger partial charge < -0.3 is 19.2 Å². The van der Waals surface area contributed by atoms with Gasteiger partial charge in [0.05, 0.1) is 17.9 Å². The van der Waals surface area contributed by atoms with E-state index in [9.17, 15) is 14.5 Å². The minimum atomic E-state index is -3.50. The molecule has 0 N–H and O–H groups in total. The number of halogens is 1. The van der Waals surface area contributed by atoms with Crippen molar-refractivity contribution in [1.82, 2.24) is 4.67 Å². The third kappa shape index (κ3) is 4.71. The maximum absolute atomic E-state index is 13.6. The van der Waals surface area contributed by atoms with Crippen LogP contribution in [-0.4, -0.2) is 29.8 Å². The van der Waals surface area contributed by atoms with Crippen molar-refractivity contribution in [2.75, 3.05) is 13.2 Å². The van der Waals surface area contributed by atoms with E-state index in [0.29, 0.717) is 41.3 Å². The SMILES string of the molecule is CC1CCCOP(=O)(c2ccc(Oc3ccc(Cl)cc3)cc2)N1CC(=O)[O-]. The Morgan fingerprint density at radius 1 is 1.22 bits per heavy atom. The molecule has 0 bridgehead atoms. The van der Waals surface area contributed by atoms with E-state index >= 15 is 0 Å². The number of aliphatic carboxylic acids is 1. The number of carbonyl (C=O) groups is 1. The molecular weight excluding hydrogens is 389 g/mol. The topological polar surface area (TPSA) is 78.9 Å². The largest absolute Gasteiger partial charge is 0.549 e. The standard InChI is InChI=1S/C19H21ClNO5P/c1-14-3-2-12-25-27(24,21(14)13-19(22)23)18-10-8-17(9-11-18)26-16-6-4-15(20)5-7-16/h4-11,14H,2-3,12-13H2,1H3,(H,22,23)/p-1. The Balaban J connectivity index is 1.85. The second-order valence-electron chi connectivity index (χ2n) is 6.36. The Hall–Kier alpha value is -1.85. The first kappa shape index (κ1) is 19.9. The van der Waals surface area contributed by atoms with Crippen LogP contribution < -0.4 is 15.1 Å². The summed E-state index contributed by atoms with van der Waals surface area (Å²) < 4.78 is 26.4. The first-order valence-electron chi connectivity index (χ1n) is 8.64. The van der Waals surface area contributed by atoms with Crippen molar-refractivity contribution in [2.45, 2.75) is 25.8 Å². The lowest BCUT2D eigenvalue weighted by molar-refractivity contribution is -0.305. The first-order valence-corrected chi connectivity index (χ1v) is 10.6. The summed E-state index contributed by atoms with van der Waals surface area (Å²) in [6.07, 6.45) is 1.42. The van der Waals surface area contributed by atoms with Crippen LogP contribution in [0.5, 0.6) is 11.5 Å². The van der Waals surface area contributed by atoms with Crippen molar-refractivity contribution in [3.8, 4) is 11.5 Å². The molecule has 6 nitrogen and oxygen atoms in total. The Kier molecular flexibility index (Phi) is 6.22. The minimum absolute atomic E-state index is 0.193. The highest BCUT2D eigenvalue weighted by Gasteiger charge is 2.39. The number of ether oxygens (including phenoxy) is 1. The highest BCUT2D eigenvalue weighted by molar-refractivity contribution is 7.64. The van der Waals surface area contributed by atoms with Gasteiger partial charge in [0.15, 0.2) is 0 Å². The Morgan fingerprint density at radius 2 is 1.81 bits per heavy atom. The van der Waals surface area contributed by atoms with Gasteiger partial charge >= 0.3 is 7.52 Å². The van der Waals surface area contributed by atoms with E-state index in [2.05, 4.69) is 0 Å². The molecule has 0 radical (unpaired) electrons. The molecule has 2 atom stereocenters. The number of rotatable bonds is 5. The van der Waals surface area contributed by atoms with E-state index in [4.69, 9.17) is 20.9 Å². The lowest BCUT2D eigenvalue weighted by atomic mass is 10.2. The Labute approximate surface area is 163 Å². The lowest BCUT2D eigenvalue weighted by Gasteiger charge is -2.33. The van der Waals surface area contributed by atoms with Crippen molar-refractivity contribution >= 4 is 30.4 Å². The molecule has 2 aromatic carbocycles. The number of carboxylic acids is 1. The normalized spacial score (nSPS) is 23.6. The highest BCUT2D eigenvalue weighted by Crippen LogP contribution is 2.53. The van der Waals surface area contributed by atoms with Gasteiger partial charge in [0, 0.05) is 17.6 Å². The van der Waals surface area contributed by atoms with Crippen molar-refractivity contribution in [3.63, 3.8) is 0 Å². The lowest BCUT2D eigenvalue weighted by Crippen LogP contribution is -2.42. The average molecular weight is 409 g/mol. The van der Waals surface area contributed by atoms with E-state index in [1.807, 2.05) is 6.92 Å². The quantitative estimate of drug-likeness (QED) is 0.707. The van der Waals surface area contributed by atoms with E-state index in [1.165, 1.54) is 4.67 Å². The molecule has 0 aliphatic carbocycles. The number of hydrogen-bond acceptors (Lipinski definition) is 5. The molecule has 1 heterocycles. The van der Waals surface area contributed by atoms with Crippen LogP contribution in [0.1, 0.15) is 19.8 Å². The maximum Gasteiger partial charge on any atom is 0.302 e. The van der Waals surface area contributed by atoms with E-state index in [-0.39, 0.29) is 6.04 Å². The number of benzene rings is 2. The summed E-state index contributed by atoms with van der Waals surface area (Å²) in [4.78, 5) is 11.2. The predicted molar refractivity (Wildman–Crippen MR) is 102 cm³/mol. The molecule has 1 fully saturated rings. The van der Waals surface area contributed by atoms with Crippen LogP contribution in [0, 0.1) is 0 Å². The second kappa shape index (κ2) is 8.44. The summed E-state index contributed by atoms with van der Waals surface area (Å²) in [5.41, 5.74) is 0. The fraction of sp³-hybridized carbons (Fsp3) is 0.316. The monoisotopic (exact) mass is 408 g/mol. The molecule has 0 saturated carbocycles. The number of hydrogen-bond donors (Lipinski definition) is 0. The molecule has 0 aromatic heterocycles. The number of carboxylic acid groups (broad SMARTS) is 1.